The summed E-state index contributed by atoms with van der Waals surface area (Å²) >= 11 is 5.84. The molecule has 0 bridgehead atoms. The van der Waals surface area contributed by atoms with Gasteiger partial charge >= 0.3 is 6.18 Å². The van der Waals surface area contributed by atoms with E-state index in [-0.39, 0.29) is 16.3 Å². The van der Waals surface area contributed by atoms with E-state index in [2.05, 4.69) is 4.98 Å². The second-order valence-corrected chi connectivity index (χ2v) is 5.68. The number of carbonyl (C=O) groups excluding carboxylic acids is 1. The van der Waals surface area contributed by atoms with E-state index in [0.717, 1.165) is 0 Å². The van der Waals surface area contributed by atoms with Gasteiger partial charge in [0.05, 0.1) is 0 Å². The highest BCUT2D eigenvalue weighted by molar-refractivity contribution is 6.29. The van der Waals surface area contributed by atoms with Gasteiger partial charge in [-0.2, -0.15) is 13.2 Å². The van der Waals surface area contributed by atoms with Crippen molar-refractivity contribution in [3.8, 4) is 0 Å². The van der Waals surface area contributed by atoms with Gasteiger partial charge in [-0.25, -0.2) is 4.98 Å². The Kier molecular flexibility index (Phi) is 5.33. The SMILES string of the molecule is CN(C)c1cc(C(=O)N[C@H](c2ccccc2)C(F)(F)F)cc(Cl)n1. The smallest absolute Gasteiger partial charge is 0.363 e. The molecule has 0 unspecified atom stereocenters. The standard InChI is InChI=1S/C16H15ClF3N3O/c1-23(2)13-9-11(8-12(17)21-13)15(24)22-14(16(18,19)20)10-6-4-3-5-7-10/h3-9,14H,1-2H3,(H,22,24)/t14-/m1/s1. The third kappa shape index (κ3) is 4.38. The molecule has 0 saturated heterocycles. The lowest BCUT2D eigenvalue weighted by Crippen LogP contribution is -2.38. The molecule has 1 N–H and O–H groups in total. The summed E-state index contributed by atoms with van der Waals surface area (Å²) < 4.78 is 39.9. The highest BCUT2D eigenvalue weighted by Gasteiger charge is 2.42. The van der Waals surface area contributed by atoms with Crippen LogP contribution in [-0.4, -0.2) is 31.2 Å². The number of nitrogens with one attached hydrogen (secondary N) is 1. The van der Waals surface area contributed by atoms with Crippen LogP contribution in [0.25, 0.3) is 0 Å². The molecule has 0 aliphatic carbocycles. The fourth-order valence-electron chi connectivity index (χ4n) is 2.06. The van der Waals surface area contributed by atoms with Crippen LogP contribution >= 0.6 is 11.6 Å². The first kappa shape index (κ1) is 18.1. The van der Waals surface area contributed by atoms with Crippen LogP contribution in [0.3, 0.4) is 0 Å². The Morgan fingerprint density at radius 1 is 1.21 bits per heavy atom. The third-order valence-corrected chi connectivity index (χ3v) is 3.43. The van der Waals surface area contributed by atoms with E-state index < -0.39 is 18.1 Å². The lowest BCUT2D eigenvalue weighted by atomic mass is 10.1. The first-order valence-corrected chi connectivity index (χ1v) is 7.33. The molecule has 1 aromatic carbocycles. The van der Waals surface area contributed by atoms with Gasteiger partial charge in [-0.15, -0.1) is 0 Å². The average molecular weight is 358 g/mol. The normalized spacial score (nSPS) is 12.6. The van der Waals surface area contributed by atoms with Gasteiger partial charge in [-0.3, -0.25) is 4.79 Å². The van der Waals surface area contributed by atoms with Gasteiger partial charge in [0.2, 0.25) is 0 Å². The molecule has 0 radical (unpaired) electrons. The zero-order valence-electron chi connectivity index (χ0n) is 12.9. The van der Waals surface area contributed by atoms with Gasteiger partial charge in [0.1, 0.15) is 11.0 Å². The number of pyridine rings is 1. The van der Waals surface area contributed by atoms with Crippen molar-refractivity contribution in [3.05, 3.63) is 58.7 Å². The van der Waals surface area contributed by atoms with Gasteiger partial charge in [-0.05, 0) is 17.7 Å². The van der Waals surface area contributed by atoms with Crippen LogP contribution in [0.15, 0.2) is 42.5 Å². The zero-order valence-corrected chi connectivity index (χ0v) is 13.7. The van der Waals surface area contributed by atoms with Crippen LogP contribution in [0.2, 0.25) is 5.15 Å². The van der Waals surface area contributed by atoms with Gasteiger partial charge < -0.3 is 10.2 Å². The average Bonchev–Trinajstić information content (AvgIpc) is 2.51. The topological polar surface area (TPSA) is 45.2 Å². The van der Waals surface area contributed by atoms with Crippen molar-refractivity contribution in [2.24, 2.45) is 0 Å². The molecule has 0 spiro atoms. The largest absolute Gasteiger partial charge is 0.412 e. The van der Waals surface area contributed by atoms with E-state index in [0.29, 0.717) is 5.82 Å². The summed E-state index contributed by atoms with van der Waals surface area (Å²) in [4.78, 5) is 17.9. The lowest BCUT2D eigenvalue weighted by Gasteiger charge is -2.22. The maximum Gasteiger partial charge on any atom is 0.412 e. The summed E-state index contributed by atoms with van der Waals surface area (Å²) in [6.07, 6.45) is -4.63. The number of hydrogen-bond acceptors (Lipinski definition) is 3. The van der Waals surface area contributed by atoms with Crippen molar-refractivity contribution in [1.82, 2.24) is 10.3 Å². The van der Waals surface area contributed by atoms with Crippen molar-refractivity contribution in [2.75, 3.05) is 19.0 Å². The molecule has 0 aliphatic heterocycles. The minimum atomic E-state index is -4.63. The summed E-state index contributed by atoms with van der Waals surface area (Å²) in [6, 6.07) is 7.67. The molecular formula is C16H15ClF3N3O. The van der Waals surface area contributed by atoms with E-state index in [1.807, 2.05) is 5.32 Å². The molecule has 2 aromatic rings. The number of anilines is 1. The molecule has 8 heteroatoms. The fourth-order valence-corrected chi connectivity index (χ4v) is 2.26. The van der Waals surface area contributed by atoms with Crippen molar-refractivity contribution < 1.29 is 18.0 Å². The molecular weight excluding hydrogens is 343 g/mol. The summed E-state index contributed by atoms with van der Waals surface area (Å²) in [5.41, 5.74) is -0.0461. The van der Waals surface area contributed by atoms with Gasteiger partial charge in [0.15, 0.2) is 6.04 Å². The Balaban J connectivity index is 2.32. The van der Waals surface area contributed by atoms with Crippen LogP contribution in [0, 0.1) is 0 Å². The number of hydrogen-bond donors (Lipinski definition) is 1. The second kappa shape index (κ2) is 7.09. The number of nitrogens with zero attached hydrogens (tertiary/aromatic N) is 2. The molecule has 0 fully saturated rings. The van der Waals surface area contributed by atoms with Crippen LogP contribution in [0.4, 0.5) is 19.0 Å². The number of halogens is 4. The Morgan fingerprint density at radius 3 is 2.38 bits per heavy atom. The Hall–Kier alpha value is -2.28. The lowest BCUT2D eigenvalue weighted by molar-refractivity contribution is -0.155. The van der Waals surface area contributed by atoms with E-state index in [1.54, 1.807) is 25.1 Å². The second-order valence-electron chi connectivity index (χ2n) is 5.29. The number of aromatic nitrogens is 1. The van der Waals surface area contributed by atoms with E-state index in [9.17, 15) is 18.0 Å². The number of rotatable bonds is 4. The van der Waals surface area contributed by atoms with Gasteiger partial charge in [0, 0.05) is 19.7 Å². The molecule has 1 atom stereocenters. The molecule has 128 valence electrons. The summed E-state index contributed by atoms with van der Waals surface area (Å²) in [5.74, 6) is -0.510. The molecule has 4 nitrogen and oxygen atoms in total. The zero-order chi connectivity index (χ0) is 17.9. The van der Waals surface area contributed by atoms with Crippen LogP contribution in [0.5, 0.6) is 0 Å². The number of benzene rings is 1. The molecule has 1 heterocycles. The summed E-state index contributed by atoms with van der Waals surface area (Å²) in [6.45, 7) is 0. The first-order chi connectivity index (χ1) is 11.2. The number of amides is 1. The van der Waals surface area contributed by atoms with Crippen molar-refractivity contribution >= 4 is 23.3 Å². The number of alkyl halides is 3. The van der Waals surface area contributed by atoms with Crippen LogP contribution in [0.1, 0.15) is 22.0 Å². The van der Waals surface area contributed by atoms with Gasteiger partial charge in [0.25, 0.3) is 5.91 Å². The quantitative estimate of drug-likeness (QED) is 0.846. The number of carbonyl (C=O) groups is 1. The molecule has 24 heavy (non-hydrogen) atoms. The van der Waals surface area contributed by atoms with E-state index in [1.165, 1.54) is 36.4 Å². The minimum absolute atomic E-state index is 0.00359. The molecule has 2 rings (SSSR count). The highest BCUT2D eigenvalue weighted by atomic mass is 35.5. The molecule has 0 saturated carbocycles. The molecule has 0 aliphatic rings. The van der Waals surface area contributed by atoms with E-state index >= 15 is 0 Å². The fraction of sp³-hybridized carbons (Fsp3) is 0.250. The maximum absolute atomic E-state index is 13.3. The Labute approximate surface area is 142 Å². The third-order valence-electron chi connectivity index (χ3n) is 3.24. The van der Waals surface area contributed by atoms with Crippen LogP contribution in [-0.2, 0) is 0 Å². The molecule has 1 aromatic heterocycles. The molecule has 1 amide bonds. The van der Waals surface area contributed by atoms with Gasteiger partial charge in [-0.1, -0.05) is 41.9 Å². The minimum Gasteiger partial charge on any atom is -0.363 e. The summed E-state index contributed by atoms with van der Waals surface area (Å²) in [5, 5.41) is 2.04. The summed E-state index contributed by atoms with van der Waals surface area (Å²) in [7, 11) is 3.37. The van der Waals surface area contributed by atoms with Crippen LogP contribution < -0.4 is 10.2 Å². The van der Waals surface area contributed by atoms with Crippen molar-refractivity contribution in [2.45, 2.75) is 12.2 Å². The maximum atomic E-state index is 13.3. The van der Waals surface area contributed by atoms with E-state index in [4.69, 9.17) is 11.6 Å². The monoisotopic (exact) mass is 357 g/mol. The van der Waals surface area contributed by atoms with Crippen molar-refractivity contribution in [3.63, 3.8) is 0 Å². The highest BCUT2D eigenvalue weighted by Crippen LogP contribution is 2.33. The first-order valence-electron chi connectivity index (χ1n) is 6.96. The van der Waals surface area contributed by atoms with Crippen molar-refractivity contribution in [1.29, 1.82) is 0 Å². The Bertz CT molecular complexity index is 720. The predicted octanol–water partition coefficient (Wildman–Crippen LogP) is 3.83. The Morgan fingerprint density at radius 2 is 1.83 bits per heavy atom. The predicted molar refractivity (Wildman–Crippen MR) is 86.3 cm³/mol.